The predicted octanol–water partition coefficient (Wildman–Crippen LogP) is 5.07. The first-order chi connectivity index (χ1) is 15.0. The number of hydrogen-bond acceptors (Lipinski definition) is 5. The number of benzene rings is 3. The Kier molecular flexibility index (Phi) is 7.02. The van der Waals surface area contributed by atoms with Crippen LogP contribution < -0.4 is 14.2 Å². The second-order valence-electron chi connectivity index (χ2n) is 7.30. The number of halogens is 1. The summed E-state index contributed by atoms with van der Waals surface area (Å²) in [5.74, 6) is 0.680. The fraction of sp³-hybridized carbons (Fsp3) is 0.182. The number of ether oxygens (including phenoxy) is 1. The SMILES string of the molecule is COc1ccc(S(=O)(=O)Nc2ccc(S(=O)(=O)Nc3ccc(Cl)cc3)cc2)cc1C(C)C. The van der Waals surface area contributed by atoms with Gasteiger partial charge in [0.05, 0.1) is 16.9 Å². The molecule has 0 aromatic heterocycles. The number of nitrogens with one attached hydrogen (secondary N) is 2. The molecule has 0 bridgehead atoms. The van der Waals surface area contributed by atoms with Crippen LogP contribution in [0.2, 0.25) is 5.02 Å². The van der Waals surface area contributed by atoms with Gasteiger partial charge in [0.1, 0.15) is 5.75 Å². The molecular formula is C22H23ClN2O5S2. The van der Waals surface area contributed by atoms with E-state index in [1.165, 1.54) is 37.4 Å². The molecule has 0 atom stereocenters. The Morgan fingerprint density at radius 1 is 0.750 bits per heavy atom. The second kappa shape index (κ2) is 9.40. The highest BCUT2D eigenvalue weighted by Crippen LogP contribution is 2.30. The largest absolute Gasteiger partial charge is 0.496 e. The molecule has 0 spiro atoms. The first-order valence-electron chi connectivity index (χ1n) is 9.61. The van der Waals surface area contributed by atoms with Gasteiger partial charge in [-0.25, -0.2) is 16.8 Å². The third kappa shape index (κ3) is 5.53. The van der Waals surface area contributed by atoms with Crippen molar-refractivity contribution in [1.82, 2.24) is 0 Å². The molecule has 0 amide bonds. The molecule has 7 nitrogen and oxygen atoms in total. The van der Waals surface area contributed by atoms with Gasteiger partial charge in [-0.05, 0) is 78.2 Å². The summed E-state index contributed by atoms with van der Waals surface area (Å²) < 4.78 is 61.0. The third-order valence-electron chi connectivity index (χ3n) is 4.65. The maximum atomic E-state index is 12.8. The van der Waals surface area contributed by atoms with Crippen molar-refractivity contribution in [2.24, 2.45) is 0 Å². The lowest BCUT2D eigenvalue weighted by molar-refractivity contribution is 0.407. The van der Waals surface area contributed by atoms with Crippen LogP contribution in [0.5, 0.6) is 5.75 Å². The number of rotatable bonds is 8. The highest BCUT2D eigenvalue weighted by Gasteiger charge is 2.19. The van der Waals surface area contributed by atoms with Crippen LogP contribution in [0.25, 0.3) is 0 Å². The Labute approximate surface area is 193 Å². The minimum atomic E-state index is -3.88. The minimum Gasteiger partial charge on any atom is -0.496 e. The van der Waals surface area contributed by atoms with E-state index in [1.54, 1.807) is 36.4 Å². The maximum absolute atomic E-state index is 12.8. The molecule has 0 aliphatic carbocycles. The Hall–Kier alpha value is -2.75. The lowest BCUT2D eigenvalue weighted by Gasteiger charge is -2.15. The van der Waals surface area contributed by atoms with Crippen molar-refractivity contribution < 1.29 is 21.6 Å². The summed E-state index contributed by atoms with van der Waals surface area (Å²) in [4.78, 5) is 0.0741. The van der Waals surface area contributed by atoms with E-state index in [9.17, 15) is 16.8 Å². The first kappa shape index (κ1) is 23.9. The molecule has 3 rings (SSSR count). The summed E-state index contributed by atoms with van der Waals surface area (Å²) in [5, 5.41) is 0.488. The summed E-state index contributed by atoms with van der Waals surface area (Å²) in [5.41, 5.74) is 1.36. The molecule has 0 saturated heterocycles. The molecule has 0 radical (unpaired) electrons. The van der Waals surface area contributed by atoms with Gasteiger partial charge in [0.25, 0.3) is 20.0 Å². The molecule has 10 heteroatoms. The van der Waals surface area contributed by atoms with E-state index in [0.717, 1.165) is 5.56 Å². The predicted molar refractivity (Wildman–Crippen MR) is 127 cm³/mol. The van der Waals surface area contributed by atoms with E-state index in [0.29, 0.717) is 16.5 Å². The van der Waals surface area contributed by atoms with Crippen LogP contribution in [-0.2, 0) is 20.0 Å². The Bertz CT molecular complexity index is 1310. The zero-order valence-corrected chi connectivity index (χ0v) is 20.1. The third-order valence-corrected chi connectivity index (χ3v) is 7.67. The van der Waals surface area contributed by atoms with Crippen LogP contribution >= 0.6 is 11.6 Å². The molecular weight excluding hydrogens is 472 g/mol. The van der Waals surface area contributed by atoms with E-state index in [2.05, 4.69) is 9.44 Å². The van der Waals surface area contributed by atoms with E-state index in [-0.39, 0.29) is 21.4 Å². The van der Waals surface area contributed by atoms with Crippen LogP contribution in [0.4, 0.5) is 11.4 Å². The molecule has 0 heterocycles. The van der Waals surface area contributed by atoms with Gasteiger partial charge in [0, 0.05) is 16.4 Å². The Morgan fingerprint density at radius 2 is 1.22 bits per heavy atom. The number of sulfonamides is 2. The zero-order valence-electron chi connectivity index (χ0n) is 17.7. The lowest BCUT2D eigenvalue weighted by Crippen LogP contribution is -2.15. The summed E-state index contributed by atoms with van der Waals surface area (Å²) in [6, 6.07) is 16.3. The van der Waals surface area contributed by atoms with Gasteiger partial charge >= 0.3 is 0 Å². The van der Waals surface area contributed by atoms with Gasteiger partial charge in [0.2, 0.25) is 0 Å². The van der Waals surface area contributed by atoms with Crippen molar-refractivity contribution in [3.8, 4) is 5.75 Å². The summed E-state index contributed by atoms with van der Waals surface area (Å²) in [6.07, 6.45) is 0. The first-order valence-corrected chi connectivity index (χ1v) is 13.0. The van der Waals surface area contributed by atoms with Gasteiger partial charge in [-0.15, -0.1) is 0 Å². The minimum absolute atomic E-state index is 0.0121. The molecule has 0 aliphatic rings. The van der Waals surface area contributed by atoms with E-state index < -0.39 is 20.0 Å². The monoisotopic (exact) mass is 494 g/mol. The Morgan fingerprint density at radius 3 is 1.72 bits per heavy atom. The molecule has 0 fully saturated rings. The molecule has 170 valence electrons. The fourth-order valence-electron chi connectivity index (χ4n) is 2.98. The number of methoxy groups -OCH3 is 1. The normalized spacial score (nSPS) is 11.9. The average Bonchev–Trinajstić information content (AvgIpc) is 2.74. The molecule has 0 unspecified atom stereocenters. The van der Waals surface area contributed by atoms with Gasteiger partial charge in [0.15, 0.2) is 0 Å². The van der Waals surface area contributed by atoms with E-state index in [4.69, 9.17) is 16.3 Å². The zero-order chi connectivity index (χ0) is 23.5. The quantitative estimate of drug-likeness (QED) is 0.455. The highest BCUT2D eigenvalue weighted by molar-refractivity contribution is 7.93. The van der Waals surface area contributed by atoms with E-state index >= 15 is 0 Å². The molecule has 2 N–H and O–H groups in total. The van der Waals surface area contributed by atoms with Gasteiger partial charge in [-0.2, -0.15) is 0 Å². The van der Waals surface area contributed by atoms with Gasteiger partial charge in [-0.1, -0.05) is 25.4 Å². The summed E-state index contributed by atoms with van der Waals surface area (Å²) in [6.45, 7) is 3.89. The van der Waals surface area contributed by atoms with Crippen molar-refractivity contribution in [3.05, 3.63) is 77.3 Å². The summed E-state index contributed by atoms with van der Waals surface area (Å²) in [7, 11) is -6.19. The van der Waals surface area contributed by atoms with Crippen molar-refractivity contribution in [3.63, 3.8) is 0 Å². The van der Waals surface area contributed by atoms with E-state index in [1.807, 2.05) is 13.8 Å². The molecule has 0 aliphatic heterocycles. The highest BCUT2D eigenvalue weighted by atomic mass is 35.5. The van der Waals surface area contributed by atoms with Gasteiger partial charge < -0.3 is 4.74 Å². The maximum Gasteiger partial charge on any atom is 0.261 e. The van der Waals surface area contributed by atoms with Crippen molar-refractivity contribution in [2.45, 2.75) is 29.6 Å². The topological polar surface area (TPSA) is 102 Å². The van der Waals surface area contributed by atoms with Crippen LogP contribution in [-0.4, -0.2) is 23.9 Å². The Balaban J connectivity index is 1.80. The molecule has 3 aromatic rings. The fourth-order valence-corrected chi connectivity index (χ4v) is 5.26. The summed E-state index contributed by atoms with van der Waals surface area (Å²) >= 11 is 5.81. The smallest absolute Gasteiger partial charge is 0.261 e. The number of hydrogen-bond donors (Lipinski definition) is 2. The van der Waals surface area contributed by atoms with Crippen molar-refractivity contribution >= 4 is 43.0 Å². The van der Waals surface area contributed by atoms with Crippen LogP contribution in [0.3, 0.4) is 0 Å². The van der Waals surface area contributed by atoms with Crippen molar-refractivity contribution in [1.29, 1.82) is 0 Å². The van der Waals surface area contributed by atoms with Crippen molar-refractivity contribution in [2.75, 3.05) is 16.6 Å². The molecule has 32 heavy (non-hydrogen) atoms. The van der Waals surface area contributed by atoms with Gasteiger partial charge in [-0.3, -0.25) is 9.44 Å². The number of anilines is 2. The molecule has 0 saturated carbocycles. The standard InChI is InChI=1S/C22H23ClN2O5S2/c1-15(2)21-14-20(12-13-22(21)30-3)32(28,29)25-18-8-10-19(11-9-18)31(26,27)24-17-6-4-16(23)5-7-17/h4-15,24-25H,1-3H3. The average molecular weight is 495 g/mol. The second-order valence-corrected chi connectivity index (χ2v) is 11.1. The lowest BCUT2D eigenvalue weighted by atomic mass is 10.0. The van der Waals surface area contributed by atoms with Crippen LogP contribution in [0.15, 0.2) is 76.5 Å². The van der Waals surface area contributed by atoms with Crippen LogP contribution in [0.1, 0.15) is 25.3 Å². The molecule has 3 aromatic carbocycles. The van der Waals surface area contributed by atoms with Crippen LogP contribution in [0, 0.1) is 0 Å².